The van der Waals surface area contributed by atoms with Gasteiger partial charge in [0.1, 0.15) is 0 Å². The van der Waals surface area contributed by atoms with Crippen LogP contribution in [0.25, 0.3) is 0 Å². The van der Waals surface area contributed by atoms with E-state index in [0.717, 1.165) is 5.56 Å². The summed E-state index contributed by atoms with van der Waals surface area (Å²) >= 11 is 0. The summed E-state index contributed by atoms with van der Waals surface area (Å²) in [4.78, 5) is 10.6. The maximum atomic E-state index is 10.6. The van der Waals surface area contributed by atoms with Gasteiger partial charge in [-0.3, -0.25) is 0 Å². The van der Waals surface area contributed by atoms with Crippen LogP contribution in [0.5, 0.6) is 0 Å². The molecule has 0 aliphatic heterocycles. The van der Waals surface area contributed by atoms with Crippen molar-refractivity contribution in [1.29, 1.82) is 0 Å². The Kier molecular flexibility index (Phi) is 5.57. The van der Waals surface area contributed by atoms with Crippen LogP contribution < -0.4 is 16.4 Å². The second kappa shape index (κ2) is 6.95. The fourth-order valence-corrected chi connectivity index (χ4v) is 1.49. The number of urea groups is 1. The Morgan fingerprint density at radius 2 is 2.00 bits per heavy atom. The van der Waals surface area contributed by atoms with Gasteiger partial charge >= 0.3 is 6.03 Å². The number of carbonyl (C=O) groups is 1. The van der Waals surface area contributed by atoms with Gasteiger partial charge in [0, 0.05) is 18.3 Å². The van der Waals surface area contributed by atoms with E-state index in [1.54, 1.807) is 12.1 Å². The van der Waals surface area contributed by atoms with Crippen LogP contribution in [0.1, 0.15) is 18.5 Å². The van der Waals surface area contributed by atoms with E-state index in [1.165, 1.54) is 0 Å². The maximum absolute atomic E-state index is 10.6. The van der Waals surface area contributed by atoms with E-state index in [-0.39, 0.29) is 12.6 Å². The Labute approximate surface area is 106 Å². The lowest BCUT2D eigenvalue weighted by molar-refractivity contribution is 0.0924. The molecule has 2 amide bonds. The molecule has 2 unspecified atom stereocenters. The SMILES string of the molecule is CC(NCC(O)CO)c1ccc(NC(N)=O)cc1. The van der Waals surface area contributed by atoms with Gasteiger partial charge in [-0.05, 0) is 24.6 Å². The first-order valence-electron chi connectivity index (χ1n) is 5.71. The van der Waals surface area contributed by atoms with E-state index in [2.05, 4.69) is 10.6 Å². The molecular weight excluding hydrogens is 234 g/mol. The lowest BCUT2D eigenvalue weighted by Crippen LogP contribution is -2.31. The molecule has 100 valence electrons. The first-order chi connectivity index (χ1) is 8.52. The molecule has 0 aromatic heterocycles. The van der Waals surface area contributed by atoms with Crippen molar-refractivity contribution >= 4 is 11.7 Å². The number of carbonyl (C=O) groups excluding carboxylic acids is 1. The van der Waals surface area contributed by atoms with Crippen molar-refractivity contribution in [2.75, 3.05) is 18.5 Å². The van der Waals surface area contributed by atoms with Gasteiger partial charge in [-0.1, -0.05) is 12.1 Å². The molecule has 1 rings (SSSR count). The van der Waals surface area contributed by atoms with Gasteiger partial charge in [-0.15, -0.1) is 0 Å². The van der Waals surface area contributed by atoms with Crippen LogP contribution in [0.2, 0.25) is 0 Å². The molecule has 0 saturated carbocycles. The van der Waals surface area contributed by atoms with Gasteiger partial charge in [-0.2, -0.15) is 0 Å². The highest BCUT2D eigenvalue weighted by Gasteiger charge is 2.08. The number of hydrogen-bond acceptors (Lipinski definition) is 4. The van der Waals surface area contributed by atoms with E-state index in [4.69, 9.17) is 10.8 Å². The first-order valence-corrected chi connectivity index (χ1v) is 5.71. The van der Waals surface area contributed by atoms with Gasteiger partial charge in [0.2, 0.25) is 0 Å². The topological polar surface area (TPSA) is 108 Å². The standard InChI is InChI=1S/C12H19N3O3/c1-8(14-6-11(17)7-16)9-2-4-10(5-3-9)15-12(13)18/h2-5,8,11,14,16-17H,6-7H2,1H3,(H3,13,15,18). The number of rotatable bonds is 6. The third-order valence-electron chi connectivity index (χ3n) is 2.55. The van der Waals surface area contributed by atoms with Crippen molar-refractivity contribution in [2.24, 2.45) is 5.73 Å². The molecule has 0 heterocycles. The smallest absolute Gasteiger partial charge is 0.316 e. The van der Waals surface area contributed by atoms with Crippen LogP contribution in [0, 0.1) is 0 Å². The molecule has 6 heteroatoms. The van der Waals surface area contributed by atoms with Crippen molar-refractivity contribution in [3.8, 4) is 0 Å². The molecule has 1 aromatic rings. The number of amides is 2. The third-order valence-corrected chi connectivity index (χ3v) is 2.55. The Bertz CT molecular complexity index is 381. The second-order valence-electron chi connectivity index (χ2n) is 4.08. The molecule has 1 aromatic carbocycles. The Balaban J connectivity index is 2.53. The van der Waals surface area contributed by atoms with E-state index in [9.17, 15) is 9.90 Å². The van der Waals surface area contributed by atoms with E-state index in [1.807, 2.05) is 19.1 Å². The van der Waals surface area contributed by atoms with Crippen molar-refractivity contribution in [2.45, 2.75) is 19.1 Å². The van der Waals surface area contributed by atoms with E-state index in [0.29, 0.717) is 12.2 Å². The summed E-state index contributed by atoms with van der Waals surface area (Å²) in [6.07, 6.45) is -0.761. The molecule has 18 heavy (non-hydrogen) atoms. The number of nitrogens with two attached hydrogens (primary N) is 1. The van der Waals surface area contributed by atoms with Crippen LogP contribution in [0.4, 0.5) is 10.5 Å². The van der Waals surface area contributed by atoms with Crippen molar-refractivity contribution in [3.63, 3.8) is 0 Å². The largest absolute Gasteiger partial charge is 0.394 e. The molecule has 0 saturated heterocycles. The van der Waals surface area contributed by atoms with Crippen LogP contribution in [-0.4, -0.2) is 35.5 Å². The lowest BCUT2D eigenvalue weighted by atomic mass is 10.1. The summed E-state index contributed by atoms with van der Waals surface area (Å²) in [5.41, 5.74) is 6.65. The fourth-order valence-electron chi connectivity index (χ4n) is 1.49. The molecule has 0 fully saturated rings. The van der Waals surface area contributed by atoms with Crippen molar-refractivity contribution in [3.05, 3.63) is 29.8 Å². The summed E-state index contributed by atoms with van der Waals surface area (Å²) in [6.45, 7) is 2.00. The van der Waals surface area contributed by atoms with Gasteiger partial charge in [0.05, 0.1) is 12.7 Å². The predicted octanol–water partition coefficient (Wildman–Crippen LogP) is 0.181. The van der Waals surface area contributed by atoms with Gasteiger partial charge in [0.25, 0.3) is 0 Å². The number of nitrogens with one attached hydrogen (secondary N) is 2. The molecule has 0 aliphatic carbocycles. The van der Waals surface area contributed by atoms with Gasteiger partial charge in [-0.25, -0.2) is 4.79 Å². The van der Waals surface area contributed by atoms with Crippen molar-refractivity contribution < 1.29 is 15.0 Å². The number of aliphatic hydroxyl groups is 2. The number of aliphatic hydroxyl groups excluding tert-OH is 2. The van der Waals surface area contributed by atoms with Crippen LogP contribution in [0.15, 0.2) is 24.3 Å². The Morgan fingerprint density at radius 3 is 2.50 bits per heavy atom. The average Bonchev–Trinajstić information content (AvgIpc) is 2.35. The average molecular weight is 253 g/mol. The molecule has 2 atom stereocenters. The maximum Gasteiger partial charge on any atom is 0.316 e. The highest BCUT2D eigenvalue weighted by atomic mass is 16.3. The molecule has 0 spiro atoms. The molecule has 0 aliphatic rings. The molecule has 0 radical (unpaired) electrons. The molecule has 0 bridgehead atoms. The summed E-state index contributed by atoms with van der Waals surface area (Å²) in [5.74, 6) is 0. The number of benzene rings is 1. The highest BCUT2D eigenvalue weighted by molar-refractivity contribution is 5.87. The monoisotopic (exact) mass is 253 g/mol. The zero-order chi connectivity index (χ0) is 13.5. The van der Waals surface area contributed by atoms with Crippen LogP contribution in [-0.2, 0) is 0 Å². The van der Waals surface area contributed by atoms with Crippen molar-refractivity contribution in [1.82, 2.24) is 5.32 Å². The van der Waals surface area contributed by atoms with E-state index < -0.39 is 12.1 Å². The summed E-state index contributed by atoms with van der Waals surface area (Å²) in [5, 5.41) is 23.5. The number of anilines is 1. The minimum atomic E-state index is -0.761. The normalized spacial score (nSPS) is 13.9. The van der Waals surface area contributed by atoms with Crippen LogP contribution >= 0.6 is 0 Å². The highest BCUT2D eigenvalue weighted by Crippen LogP contribution is 2.15. The second-order valence-corrected chi connectivity index (χ2v) is 4.08. The summed E-state index contributed by atoms with van der Waals surface area (Å²) in [6, 6.07) is 6.65. The zero-order valence-corrected chi connectivity index (χ0v) is 10.3. The lowest BCUT2D eigenvalue weighted by Gasteiger charge is -2.16. The summed E-state index contributed by atoms with van der Waals surface area (Å²) < 4.78 is 0. The Morgan fingerprint density at radius 1 is 1.39 bits per heavy atom. The molecule has 6 nitrogen and oxygen atoms in total. The molecule has 6 N–H and O–H groups in total. The van der Waals surface area contributed by atoms with E-state index >= 15 is 0 Å². The third kappa shape index (κ3) is 4.70. The summed E-state index contributed by atoms with van der Waals surface area (Å²) in [7, 11) is 0. The van der Waals surface area contributed by atoms with Gasteiger partial charge < -0.3 is 26.6 Å². The quantitative estimate of drug-likeness (QED) is 0.498. The van der Waals surface area contributed by atoms with Gasteiger partial charge in [0.15, 0.2) is 0 Å². The number of primary amides is 1. The van der Waals surface area contributed by atoms with Crippen LogP contribution in [0.3, 0.4) is 0 Å². The minimum Gasteiger partial charge on any atom is -0.394 e. The molecular formula is C12H19N3O3. The Hall–Kier alpha value is -1.63. The fraction of sp³-hybridized carbons (Fsp3) is 0.417. The number of hydrogen-bond donors (Lipinski definition) is 5. The zero-order valence-electron chi connectivity index (χ0n) is 10.3. The minimum absolute atomic E-state index is 0.0360. The first kappa shape index (κ1) is 14.4. The predicted molar refractivity (Wildman–Crippen MR) is 69.2 cm³/mol.